The Morgan fingerprint density at radius 2 is 1.32 bits per heavy atom. The van der Waals surface area contributed by atoms with Gasteiger partial charge in [-0.15, -0.1) is 0 Å². The highest BCUT2D eigenvalue weighted by Gasteiger charge is 2.81. The molecule has 0 heterocycles. The van der Waals surface area contributed by atoms with Crippen LogP contribution in [0.3, 0.4) is 0 Å². The summed E-state index contributed by atoms with van der Waals surface area (Å²) in [5, 5.41) is 0.147. The number of hydrogen-bond acceptors (Lipinski definition) is 10. The lowest BCUT2D eigenvalue weighted by atomic mass is 9.87. The molecular formula is C45H48ClF9O10. The molecule has 0 atom stereocenters. The number of ketones is 1. The van der Waals surface area contributed by atoms with Crippen LogP contribution in [0.2, 0.25) is 5.02 Å². The van der Waals surface area contributed by atoms with Crippen LogP contribution in [-0.4, -0.2) is 79.5 Å². The Bertz CT molecular complexity index is 1990. The Morgan fingerprint density at radius 1 is 0.708 bits per heavy atom. The molecule has 0 bridgehead atoms. The number of ether oxygens (including phenoxy) is 5. The van der Waals surface area contributed by atoms with Crippen molar-refractivity contribution in [1.29, 1.82) is 0 Å². The van der Waals surface area contributed by atoms with Crippen LogP contribution in [0.1, 0.15) is 112 Å². The van der Waals surface area contributed by atoms with E-state index < -0.39 is 72.7 Å². The van der Waals surface area contributed by atoms with Crippen molar-refractivity contribution in [3.05, 3.63) is 71.3 Å². The van der Waals surface area contributed by atoms with Crippen LogP contribution < -0.4 is 9.47 Å². The molecule has 0 spiro atoms. The minimum atomic E-state index is -6.92. The normalized spacial score (nSPS) is 15.5. The third kappa shape index (κ3) is 17.3. The molecule has 0 N–H and O–H groups in total. The Balaban J connectivity index is 1.30. The third-order valence-corrected chi connectivity index (χ3v) is 10.4. The minimum Gasteiger partial charge on any atom is -0.462 e. The number of halogens is 10. The van der Waals surface area contributed by atoms with Gasteiger partial charge < -0.3 is 23.7 Å². The molecule has 1 aliphatic carbocycles. The summed E-state index contributed by atoms with van der Waals surface area (Å²) < 4.78 is 143. The second-order valence-corrected chi connectivity index (χ2v) is 15.4. The number of rotatable bonds is 25. The van der Waals surface area contributed by atoms with E-state index in [0.717, 1.165) is 25.3 Å². The average molecular weight is 955 g/mol. The van der Waals surface area contributed by atoms with Crippen LogP contribution in [-0.2, 0) is 33.4 Å². The number of carbonyl (C=O) groups is 5. The van der Waals surface area contributed by atoms with E-state index >= 15 is 0 Å². The molecule has 0 aromatic heterocycles. The summed E-state index contributed by atoms with van der Waals surface area (Å²) in [6.07, 6.45) is -3.43. The predicted octanol–water partition coefficient (Wildman–Crippen LogP) is 11.0. The van der Waals surface area contributed by atoms with Crippen LogP contribution in [0.4, 0.5) is 39.5 Å². The van der Waals surface area contributed by atoms with Gasteiger partial charge >= 0.3 is 47.8 Å². The summed E-state index contributed by atoms with van der Waals surface area (Å²) in [5.41, 5.74) is 0.487. The molecule has 0 amide bonds. The monoisotopic (exact) mass is 954 g/mol. The number of Topliss-reactive ketones (excluding diaryl/α,β-unsaturated/α-hetero) is 1. The molecule has 0 radical (unpaired) electrons. The van der Waals surface area contributed by atoms with Crippen molar-refractivity contribution in [2.75, 3.05) is 19.8 Å². The molecule has 1 fully saturated rings. The highest BCUT2D eigenvalue weighted by molar-refractivity contribution is 6.32. The van der Waals surface area contributed by atoms with Crippen molar-refractivity contribution in [2.24, 2.45) is 5.92 Å². The highest BCUT2D eigenvalue weighted by atomic mass is 35.5. The number of benzene rings is 2. The lowest BCUT2D eigenvalue weighted by molar-refractivity contribution is -0.396. The van der Waals surface area contributed by atoms with Gasteiger partial charge in [0.05, 0.1) is 29.2 Å². The molecule has 1 saturated carbocycles. The number of alkyl halides is 9. The largest absolute Gasteiger partial charge is 0.462 e. The number of carbonyl (C=O) groups excluding carboxylic acids is 5. The number of esters is 4. The summed E-state index contributed by atoms with van der Waals surface area (Å²) >= 11 is 6.32. The van der Waals surface area contributed by atoms with Crippen LogP contribution >= 0.6 is 11.6 Å². The molecule has 20 heteroatoms. The van der Waals surface area contributed by atoms with E-state index in [2.05, 4.69) is 18.4 Å². The first-order valence-electron chi connectivity index (χ1n) is 20.7. The summed E-state index contributed by atoms with van der Waals surface area (Å²) in [6.45, 7) is 2.90. The summed E-state index contributed by atoms with van der Waals surface area (Å²) in [7, 11) is 0. The quantitative estimate of drug-likeness (QED) is 0.0237. The predicted molar refractivity (Wildman–Crippen MR) is 216 cm³/mol. The minimum absolute atomic E-state index is 0.0151. The smallest absolute Gasteiger partial charge is 0.460 e. The molecule has 1 aliphatic rings. The van der Waals surface area contributed by atoms with Gasteiger partial charge in [-0.3, -0.25) is 14.4 Å². The van der Waals surface area contributed by atoms with Gasteiger partial charge in [-0.2, -0.15) is 39.5 Å². The standard InChI is InChI=1S/C45H48ClF9O10/c1-2-38(57)63-28-24-33(56)12-6-4-3-5-7-13-39(58)62-27-10-11-30-14-15-32(29-37(30)46)41(60)65-36-22-20-35(21-23-36)64-40(59)31-16-18-34(19-17-31)61-26-9-8-25-42(47,48)43(49,50)44(51,52)45(53,54)55/h2,14-15,20-23,29,31,34H,1,3-9,12-13,16-19,24-28H2. The van der Waals surface area contributed by atoms with E-state index in [4.69, 9.17) is 35.3 Å². The summed E-state index contributed by atoms with van der Waals surface area (Å²) in [4.78, 5) is 60.4. The zero-order chi connectivity index (χ0) is 48.3. The summed E-state index contributed by atoms with van der Waals surface area (Å²) in [6, 6.07) is 9.91. The average Bonchev–Trinajstić information content (AvgIpc) is 3.25. The molecule has 3 rings (SSSR count). The van der Waals surface area contributed by atoms with E-state index in [1.54, 1.807) is 0 Å². The zero-order valence-electron chi connectivity index (χ0n) is 35.1. The van der Waals surface area contributed by atoms with Crippen molar-refractivity contribution in [3.63, 3.8) is 0 Å². The Hall–Kier alpha value is -5.09. The Kier molecular flexibility index (Phi) is 21.3. The molecule has 2 aromatic rings. The second kappa shape index (κ2) is 25.6. The van der Waals surface area contributed by atoms with E-state index in [-0.39, 0.29) is 67.0 Å². The molecular weight excluding hydrogens is 907 g/mol. The zero-order valence-corrected chi connectivity index (χ0v) is 35.8. The maximum atomic E-state index is 13.7. The van der Waals surface area contributed by atoms with Crippen LogP contribution in [0, 0.1) is 17.8 Å². The van der Waals surface area contributed by atoms with Gasteiger partial charge in [-0.1, -0.05) is 49.3 Å². The fourth-order valence-corrected chi connectivity index (χ4v) is 6.53. The van der Waals surface area contributed by atoms with Gasteiger partial charge in [-0.25, -0.2) is 9.59 Å². The molecule has 0 saturated heterocycles. The second-order valence-electron chi connectivity index (χ2n) is 15.0. The number of unbranched alkanes of at least 4 members (excludes halogenated alkanes) is 5. The molecule has 0 unspecified atom stereocenters. The number of hydrogen-bond donors (Lipinski definition) is 0. The molecule has 0 aliphatic heterocycles. The Morgan fingerprint density at radius 3 is 1.94 bits per heavy atom. The van der Waals surface area contributed by atoms with Crippen LogP contribution in [0.25, 0.3) is 0 Å². The lowest BCUT2D eigenvalue weighted by Gasteiger charge is -2.33. The fourth-order valence-electron chi connectivity index (χ4n) is 6.30. The van der Waals surface area contributed by atoms with Gasteiger partial charge in [0, 0.05) is 43.9 Å². The van der Waals surface area contributed by atoms with E-state index in [1.807, 2.05) is 0 Å². The molecule has 10 nitrogen and oxygen atoms in total. The van der Waals surface area contributed by atoms with Crippen molar-refractivity contribution >= 4 is 41.3 Å². The van der Waals surface area contributed by atoms with Crippen molar-refractivity contribution in [3.8, 4) is 23.3 Å². The molecule has 65 heavy (non-hydrogen) atoms. The summed E-state index contributed by atoms with van der Waals surface area (Å²) in [5.74, 6) is -16.2. The van der Waals surface area contributed by atoms with Crippen LogP contribution in [0.5, 0.6) is 11.5 Å². The van der Waals surface area contributed by atoms with Gasteiger partial charge in [-0.05, 0) is 93.8 Å². The SMILES string of the molecule is C=CC(=O)OCCC(=O)CCCCCCCC(=O)OCC#Cc1ccc(C(=O)Oc2ccc(OC(=O)C3CCC(OCCCCC(F)(F)C(F)(F)C(F)(F)C(F)(F)F)CC3)cc2)cc1Cl. The maximum absolute atomic E-state index is 13.7. The van der Waals surface area contributed by atoms with Crippen LogP contribution in [0.15, 0.2) is 55.1 Å². The highest BCUT2D eigenvalue weighted by Crippen LogP contribution is 2.54. The van der Waals surface area contributed by atoms with Gasteiger partial charge in [0.15, 0.2) is 6.61 Å². The maximum Gasteiger partial charge on any atom is 0.460 e. The van der Waals surface area contributed by atoms with E-state index in [1.165, 1.54) is 42.5 Å². The van der Waals surface area contributed by atoms with Gasteiger partial charge in [0.2, 0.25) is 0 Å². The van der Waals surface area contributed by atoms with Crippen molar-refractivity contribution < 1.29 is 87.2 Å². The van der Waals surface area contributed by atoms with Gasteiger partial charge in [0.1, 0.15) is 17.3 Å². The Labute approximate surface area is 374 Å². The van der Waals surface area contributed by atoms with E-state index in [0.29, 0.717) is 50.5 Å². The lowest BCUT2D eigenvalue weighted by Crippen LogP contribution is -2.60. The topological polar surface area (TPSA) is 132 Å². The fraction of sp³-hybridized carbons (Fsp3) is 0.533. The van der Waals surface area contributed by atoms with Crippen molar-refractivity contribution in [1.82, 2.24) is 0 Å². The van der Waals surface area contributed by atoms with Crippen molar-refractivity contribution in [2.45, 2.75) is 126 Å². The first-order valence-corrected chi connectivity index (χ1v) is 21.1. The molecule has 2 aromatic carbocycles. The third-order valence-electron chi connectivity index (χ3n) is 10.1. The van der Waals surface area contributed by atoms with Gasteiger partial charge in [0.25, 0.3) is 0 Å². The molecule has 358 valence electrons. The first-order chi connectivity index (χ1) is 30.6. The van der Waals surface area contributed by atoms with E-state index in [9.17, 15) is 63.5 Å². The first kappa shape index (κ1) is 54.2.